The first-order chi connectivity index (χ1) is 14.6. The Morgan fingerprint density at radius 1 is 1.07 bits per heavy atom. The molecule has 2 atom stereocenters. The van der Waals surface area contributed by atoms with Crippen LogP contribution in [0, 0.1) is 0 Å². The number of carbonyl (C=O) groups excluding carboxylic acids is 2. The number of amides is 3. The number of rotatable bonds is 7. The maximum Gasteiger partial charge on any atom is 0.325 e. The van der Waals surface area contributed by atoms with Crippen LogP contribution in [0.25, 0.3) is 0 Å². The summed E-state index contributed by atoms with van der Waals surface area (Å²) >= 11 is 0. The van der Waals surface area contributed by atoms with Crippen LogP contribution in [0.3, 0.4) is 0 Å². The summed E-state index contributed by atoms with van der Waals surface area (Å²) in [5.74, 6) is 0.570. The molecular formula is C21H30N6O3. The van der Waals surface area contributed by atoms with Gasteiger partial charge in [-0.2, -0.15) is 0 Å². The molecule has 1 N–H and O–H groups in total. The molecule has 3 amide bonds. The molecule has 0 spiro atoms. The Balaban J connectivity index is 1.39. The number of nitrogens with zero attached hydrogens (tertiary/aromatic N) is 5. The lowest BCUT2D eigenvalue weighted by Gasteiger charge is -2.38. The molecule has 0 aliphatic carbocycles. The zero-order chi connectivity index (χ0) is 21.1. The fraction of sp³-hybridized carbons (Fsp3) is 0.571. The molecule has 9 nitrogen and oxygen atoms in total. The molecule has 0 bridgehead atoms. The largest absolute Gasteiger partial charge is 0.383 e. The average Bonchev–Trinajstić information content (AvgIpc) is 3.11. The lowest BCUT2D eigenvalue weighted by Crippen LogP contribution is -2.64. The number of urea groups is 1. The van der Waals surface area contributed by atoms with E-state index in [1.165, 1.54) is 10.5 Å². The van der Waals surface area contributed by atoms with Crippen molar-refractivity contribution >= 4 is 17.8 Å². The van der Waals surface area contributed by atoms with Gasteiger partial charge in [-0.1, -0.05) is 30.3 Å². The number of likely N-dealkylation sites (N-methyl/N-ethyl adjacent to an activating group) is 1. The van der Waals surface area contributed by atoms with Crippen molar-refractivity contribution in [1.29, 1.82) is 0 Å². The van der Waals surface area contributed by atoms with Crippen molar-refractivity contribution in [1.82, 2.24) is 24.9 Å². The molecule has 0 saturated carbocycles. The number of ether oxygens (including phenoxy) is 1. The van der Waals surface area contributed by atoms with E-state index in [2.05, 4.69) is 39.4 Å². The monoisotopic (exact) mass is 414 g/mol. The summed E-state index contributed by atoms with van der Waals surface area (Å²) < 4.78 is 5.25. The van der Waals surface area contributed by atoms with Crippen LogP contribution in [0.5, 0.6) is 0 Å². The predicted octanol–water partition coefficient (Wildman–Crippen LogP) is 0.0410. The summed E-state index contributed by atoms with van der Waals surface area (Å²) in [5.41, 5.74) is 1.33. The van der Waals surface area contributed by atoms with E-state index in [0.717, 1.165) is 38.6 Å². The van der Waals surface area contributed by atoms with Crippen molar-refractivity contribution in [2.75, 3.05) is 60.0 Å². The molecule has 3 heterocycles. The van der Waals surface area contributed by atoms with Gasteiger partial charge in [0.25, 0.3) is 5.91 Å². The van der Waals surface area contributed by atoms with Crippen molar-refractivity contribution in [2.45, 2.75) is 18.8 Å². The van der Waals surface area contributed by atoms with E-state index in [1.807, 2.05) is 11.0 Å². The van der Waals surface area contributed by atoms with Crippen LogP contribution in [0.2, 0.25) is 0 Å². The topological polar surface area (TPSA) is 80.7 Å². The minimum Gasteiger partial charge on any atom is -0.383 e. The van der Waals surface area contributed by atoms with Crippen LogP contribution in [-0.4, -0.2) is 110 Å². The molecule has 3 aliphatic rings. The first-order valence-corrected chi connectivity index (χ1v) is 10.5. The highest BCUT2D eigenvalue weighted by Gasteiger charge is 2.48. The van der Waals surface area contributed by atoms with Crippen molar-refractivity contribution in [3.8, 4) is 0 Å². The van der Waals surface area contributed by atoms with Gasteiger partial charge in [0.15, 0.2) is 12.2 Å². The summed E-state index contributed by atoms with van der Waals surface area (Å²) in [7, 11) is 3.33. The molecule has 2 saturated heterocycles. The molecule has 2 unspecified atom stereocenters. The fourth-order valence-electron chi connectivity index (χ4n) is 4.32. The highest BCUT2D eigenvalue weighted by Crippen LogP contribution is 2.24. The van der Waals surface area contributed by atoms with E-state index in [1.54, 1.807) is 14.2 Å². The molecule has 30 heavy (non-hydrogen) atoms. The standard InChI is InChI=1S/C21H30N6O3/c1-24-19-18(20(28)23-21(24)29)27(12-13-30-2)17(22-19)15-26-10-8-25(9-11-26)14-16-6-4-3-5-7-16/h3-7,18-19H,8-15H2,1-2H3,(H,23,28,29). The highest BCUT2D eigenvalue weighted by atomic mass is 16.5. The van der Waals surface area contributed by atoms with Crippen LogP contribution in [0.1, 0.15) is 5.56 Å². The van der Waals surface area contributed by atoms with Crippen LogP contribution in [0.4, 0.5) is 4.79 Å². The first kappa shape index (κ1) is 20.8. The molecular weight excluding hydrogens is 384 g/mol. The number of methoxy groups -OCH3 is 1. The molecule has 9 heteroatoms. The van der Waals surface area contributed by atoms with Gasteiger partial charge in [0.05, 0.1) is 13.2 Å². The Hall–Kier alpha value is -2.49. The minimum absolute atomic E-state index is 0.286. The highest BCUT2D eigenvalue weighted by molar-refractivity contribution is 6.04. The number of hydrogen-bond acceptors (Lipinski definition) is 7. The number of nitrogens with one attached hydrogen (secondary N) is 1. The molecule has 3 aliphatic heterocycles. The minimum atomic E-state index is -0.489. The Morgan fingerprint density at radius 3 is 2.40 bits per heavy atom. The molecule has 1 aromatic rings. The van der Waals surface area contributed by atoms with Crippen molar-refractivity contribution in [3.05, 3.63) is 35.9 Å². The number of aliphatic imine (C=N–C) groups is 1. The van der Waals surface area contributed by atoms with Gasteiger partial charge in [0.2, 0.25) is 0 Å². The molecule has 162 valence electrons. The van der Waals surface area contributed by atoms with Crippen LogP contribution >= 0.6 is 0 Å². The molecule has 4 rings (SSSR count). The Morgan fingerprint density at radius 2 is 1.73 bits per heavy atom. The summed E-state index contributed by atoms with van der Waals surface area (Å²) in [4.78, 5) is 37.7. The Labute approximate surface area is 177 Å². The summed E-state index contributed by atoms with van der Waals surface area (Å²) in [6.45, 7) is 6.58. The third kappa shape index (κ3) is 4.33. The van der Waals surface area contributed by atoms with Gasteiger partial charge in [0.1, 0.15) is 5.84 Å². The van der Waals surface area contributed by atoms with Crippen LogP contribution in [-0.2, 0) is 16.1 Å². The molecule has 2 fully saturated rings. The van der Waals surface area contributed by atoms with Crippen molar-refractivity contribution in [2.24, 2.45) is 4.99 Å². The summed E-state index contributed by atoms with van der Waals surface area (Å²) in [5, 5.41) is 2.43. The van der Waals surface area contributed by atoms with Gasteiger partial charge in [0, 0.05) is 53.4 Å². The normalized spacial score (nSPS) is 25.3. The second-order valence-electron chi connectivity index (χ2n) is 8.03. The maximum atomic E-state index is 12.5. The SMILES string of the molecule is COCCN1C(CN2CCN(Cc3ccccc3)CC2)=NC2C1C(=O)NC(=O)N2C. The van der Waals surface area contributed by atoms with Gasteiger partial charge >= 0.3 is 6.03 Å². The number of fused-ring (bicyclic) bond motifs is 1. The van der Waals surface area contributed by atoms with E-state index in [0.29, 0.717) is 19.7 Å². The summed E-state index contributed by atoms with van der Waals surface area (Å²) in [6.07, 6.45) is -0.475. The van der Waals surface area contributed by atoms with Gasteiger partial charge in [-0.3, -0.25) is 19.9 Å². The Kier molecular flexibility index (Phi) is 6.31. The number of benzene rings is 1. The molecule has 0 aromatic heterocycles. The molecule has 1 aromatic carbocycles. The van der Waals surface area contributed by atoms with E-state index in [-0.39, 0.29) is 5.91 Å². The smallest absolute Gasteiger partial charge is 0.325 e. The zero-order valence-electron chi connectivity index (χ0n) is 17.7. The third-order valence-electron chi connectivity index (χ3n) is 6.06. The second-order valence-corrected chi connectivity index (χ2v) is 8.03. The van der Waals surface area contributed by atoms with Crippen LogP contribution in [0.15, 0.2) is 35.3 Å². The van der Waals surface area contributed by atoms with E-state index < -0.39 is 18.2 Å². The number of piperazine rings is 1. The summed E-state index contributed by atoms with van der Waals surface area (Å²) in [6, 6.07) is 9.65. The Bertz CT molecular complexity index is 793. The van der Waals surface area contributed by atoms with Crippen molar-refractivity contribution < 1.29 is 14.3 Å². The number of carbonyl (C=O) groups is 2. The second kappa shape index (κ2) is 9.11. The van der Waals surface area contributed by atoms with E-state index in [9.17, 15) is 9.59 Å². The van der Waals surface area contributed by atoms with Crippen LogP contribution < -0.4 is 5.32 Å². The quantitative estimate of drug-likeness (QED) is 0.679. The number of hydrogen-bond donors (Lipinski definition) is 1. The zero-order valence-corrected chi connectivity index (χ0v) is 17.7. The van der Waals surface area contributed by atoms with Crippen molar-refractivity contribution in [3.63, 3.8) is 0 Å². The fourth-order valence-corrected chi connectivity index (χ4v) is 4.32. The lowest BCUT2D eigenvalue weighted by atomic mass is 10.1. The average molecular weight is 415 g/mol. The van der Waals surface area contributed by atoms with Gasteiger partial charge in [-0.15, -0.1) is 0 Å². The van der Waals surface area contributed by atoms with Gasteiger partial charge in [-0.05, 0) is 5.56 Å². The van der Waals surface area contributed by atoms with E-state index >= 15 is 0 Å². The molecule has 0 radical (unpaired) electrons. The number of imide groups is 1. The predicted molar refractivity (Wildman–Crippen MR) is 113 cm³/mol. The van der Waals surface area contributed by atoms with E-state index in [4.69, 9.17) is 9.73 Å². The van der Waals surface area contributed by atoms with Gasteiger partial charge < -0.3 is 14.5 Å². The van der Waals surface area contributed by atoms with Gasteiger partial charge in [-0.25, -0.2) is 9.79 Å². The number of amidine groups is 1. The third-order valence-corrected chi connectivity index (χ3v) is 6.06. The maximum absolute atomic E-state index is 12.5. The first-order valence-electron chi connectivity index (χ1n) is 10.5. The lowest BCUT2D eigenvalue weighted by molar-refractivity contribution is -0.127.